The number of hydrogen-bond donors (Lipinski definition) is 0. The maximum absolute atomic E-state index is 5.34. The number of hydrogen-bond acceptors (Lipinski definition) is 4. The topological polar surface area (TPSA) is 16.1 Å². The minimum absolute atomic E-state index is 0.239. The Morgan fingerprint density at radius 1 is 0.558 bits per heavy atom. The Morgan fingerprint density at radius 2 is 1.30 bits per heavy atom. The first kappa shape index (κ1) is 23.8. The molecule has 8 aromatic rings. The molecule has 0 radical (unpaired) electrons. The molecule has 43 heavy (non-hydrogen) atoms. The normalized spacial score (nSPS) is 17.5. The maximum Gasteiger partial charge on any atom is 0.125 e. The van der Waals surface area contributed by atoms with Gasteiger partial charge in [-0.2, -0.15) is 0 Å². The van der Waals surface area contributed by atoms with E-state index in [4.69, 9.17) is 4.98 Å². The Hall–Kier alpha value is -4.77. The maximum atomic E-state index is 5.34. The van der Waals surface area contributed by atoms with Gasteiger partial charge in [0.15, 0.2) is 0 Å². The molecule has 1 aliphatic carbocycles. The van der Waals surface area contributed by atoms with Crippen LogP contribution in [0.3, 0.4) is 0 Å². The van der Waals surface area contributed by atoms with E-state index in [1.807, 2.05) is 11.3 Å². The summed E-state index contributed by atoms with van der Waals surface area (Å²) >= 11 is 3.65. The second kappa shape index (κ2) is 8.87. The molecule has 2 atom stereocenters. The summed E-state index contributed by atoms with van der Waals surface area (Å²) in [5, 5.41) is 8.81. The summed E-state index contributed by atoms with van der Waals surface area (Å²) < 4.78 is 3.86. The van der Waals surface area contributed by atoms with Crippen LogP contribution in [0.2, 0.25) is 0 Å². The highest BCUT2D eigenvalue weighted by Gasteiger charge is 2.39. The number of nitrogens with zero attached hydrogens (tertiary/aromatic N) is 2. The van der Waals surface area contributed by atoms with Crippen molar-refractivity contribution in [1.82, 2.24) is 4.98 Å². The van der Waals surface area contributed by atoms with E-state index in [0.29, 0.717) is 5.92 Å². The Balaban J connectivity index is 1.19. The summed E-state index contributed by atoms with van der Waals surface area (Å²) in [5.41, 5.74) is 6.28. The van der Waals surface area contributed by atoms with Crippen LogP contribution in [0.5, 0.6) is 0 Å². The lowest BCUT2D eigenvalue weighted by molar-refractivity contribution is 0.749. The lowest BCUT2D eigenvalue weighted by atomic mass is 9.88. The van der Waals surface area contributed by atoms with Gasteiger partial charge < -0.3 is 4.90 Å². The average Bonchev–Trinajstić information content (AvgIpc) is 3.76. The number of thiazole rings is 1. The van der Waals surface area contributed by atoms with Gasteiger partial charge in [0.25, 0.3) is 0 Å². The van der Waals surface area contributed by atoms with Crippen LogP contribution in [0.25, 0.3) is 62.5 Å². The standard InChI is InChI=1S/C39H24N2S2/c1-2-10-24-23(9-1)17-19-32-36(24)28-13-5-7-15-30(28)41(32)31-20-18-27(25-11-3-4-12-26(25)31)39-40-38-35(43-39)22-21-34-37(38)29-14-6-8-16-33(29)42-34/h1-22,28,30H. The van der Waals surface area contributed by atoms with Gasteiger partial charge in [-0.1, -0.05) is 97.1 Å². The third-order valence-corrected chi connectivity index (χ3v) is 11.4. The summed E-state index contributed by atoms with van der Waals surface area (Å²) in [6, 6.07) is 40.4. The van der Waals surface area contributed by atoms with Crippen LogP contribution in [0, 0.1) is 0 Å². The van der Waals surface area contributed by atoms with Crippen molar-refractivity contribution in [3.05, 3.63) is 139 Å². The molecule has 0 spiro atoms. The highest BCUT2D eigenvalue weighted by atomic mass is 32.1. The lowest BCUT2D eigenvalue weighted by Crippen LogP contribution is -2.28. The van der Waals surface area contributed by atoms with Crippen LogP contribution in [-0.2, 0) is 0 Å². The van der Waals surface area contributed by atoms with E-state index in [2.05, 4.69) is 138 Å². The van der Waals surface area contributed by atoms with E-state index in [9.17, 15) is 0 Å². The number of anilines is 2. The highest BCUT2D eigenvalue weighted by molar-refractivity contribution is 7.26. The third-order valence-electron chi connectivity index (χ3n) is 9.23. The number of rotatable bonds is 2. The van der Waals surface area contributed by atoms with Gasteiger partial charge in [-0.25, -0.2) is 4.98 Å². The smallest absolute Gasteiger partial charge is 0.125 e. The molecule has 0 amide bonds. The number of aromatic nitrogens is 1. The Morgan fingerprint density at radius 3 is 2.23 bits per heavy atom. The predicted octanol–water partition coefficient (Wildman–Crippen LogP) is 11.4. The van der Waals surface area contributed by atoms with Crippen molar-refractivity contribution in [3.63, 3.8) is 0 Å². The van der Waals surface area contributed by atoms with Gasteiger partial charge in [-0.15, -0.1) is 22.7 Å². The van der Waals surface area contributed by atoms with Crippen molar-refractivity contribution in [2.75, 3.05) is 4.90 Å². The first-order chi connectivity index (χ1) is 21.3. The first-order valence-corrected chi connectivity index (χ1v) is 16.4. The fourth-order valence-electron chi connectivity index (χ4n) is 7.40. The summed E-state index contributed by atoms with van der Waals surface area (Å²) in [6.07, 6.45) is 9.15. The van der Waals surface area contributed by atoms with E-state index in [1.165, 1.54) is 68.9 Å². The molecule has 0 saturated carbocycles. The van der Waals surface area contributed by atoms with Crippen molar-refractivity contribution in [2.45, 2.75) is 12.0 Å². The molecule has 4 heteroatoms. The summed E-state index contributed by atoms with van der Waals surface area (Å²) in [7, 11) is 0. The summed E-state index contributed by atoms with van der Waals surface area (Å²) in [4.78, 5) is 7.91. The number of thiophene rings is 1. The molecule has 3 heterocycles. The quantitative estimate of drug-likeness (QED) is 0.201. The Kier molecular flexibility index (Phi) is 4.90. The molecule has 2 aromatic heterocycles. The van der Waals surface area contributed by atoms with E-state index in [1.54, 1.807) is 11.3 Å². The number of fused-ring (bicyclic) bond motifs is 11. The predicted molar refractivity (Wildman–Crippen MR) is 186 cm³/mol. The van der Waals surface area contributed by atoms with E-state index in [0.717, 1.165) is 10.5 Å². The summed E-state index contributed by atoms with van der Waals surface area (Å²) in [6.45, 7) is 0. The first-order valence-electron chi connectivity index (χ1n) is 14.7. The summed E-state index contributed by atoms with van der Waals surface area (Å²) in [5.74, 6) is 0.316. The molecular weight excluding hydrogens is 561 g/mol. The van der Waals surface area contributed by atoms with Gasteiger partial charge >= 0.3 is 0 Å². The van der Waals surface area contributed by atoms with Crippen molar-refractivity contribution >= 4 is 86.0 Å². The zero-order valence-electron chi connectivity index (χ0n) is 23.1. The molecule has 0 N–H and O–H groups in total. The molecular formula is C39H24N2S2. The minimum Gasteiger partial charge on any atom is -0.333 e. The molecule has 6 aromatic carbocycles. The van der Waals surface area contributed by atoms with E-state index in [-0.39, 0.29) is 6.04 Å². The van der Waals surface area contributed by atoms with Crippen LogP contribution in [0.1, 0.15) is 11.5 Å². The zero-order valence-corrected chi connectivity index (χ0v) is 24.7. The average molecular weight is 585 g/mol. The second-order valence-electron chi connectivity index (χ2n) is 11.5. The fraction of sp³-hybridized carbons (Fsp3) is 0.0513. The Bertz CT molecular complexity index is 2500. The number of benzene rings is 6. The van der Waals surface area contributed by atoms with Crippen LogP contribution >= 0.6 is 22.7 Å². The fourth-order valence-corrected chi connectivity index (χ4v) is 9.52. The molecule has 10 rings (SSSR count). The van der Waals surface area contributed by atoms with Gasteiger partial charge in [-0.3, -0.25) is 0 Å². The zero-order chi connectivity index (χ0) is 28.1. The van der Waals surface area contributed by atoms with Gasteiger partial charge in [-0.05, 0) is 58.1 Å². The van der Waals surface area contributed by atoms with Crippen LogP contribution in [0.4, 0.5) is 11.4 Å². The second-order valence-corrected chi connectivity index (χ2v) is 13.6. The molecule has 2 nitrogen and oxygen atoms in total. The largest absolute Gasteiger partial charge is 0.333 e. The van der Waals surface area contributed by atoms with Crippen LogP contribution < -0.4 is 4.90 Å². The van der Waals surface area contributed by atoms with Crippen molar-refractivity contribution in [2.24, 2.45) is 0 Å². The number of allylic oxidation sites excluding steroid dienone is 2. The molecule has 2 unspecified atom stereocenters. The van der Waals surface area contributed by atoms with E-state index < -0.39 is 0 Å². The van der Waals surface area contributed by atoms with Crippen LogP contribution in [0.15, 0.2) is 133 Å². The minimum atomic E-state index is 0.239. The molecule has 0 bridgehead atoms. The molecule has 2 aliphatic rings. The van der Waals surface area contributed by atoms with Gasteiger partial charge in [0.2, 0.25) is 0 Å². The van der Waals surface area contributed by atoms with E-state index >= 15 is 0 Å². The highest BCUT2D eigenvalue weighted by Crippen LogP contribution is 2.52. The van der Waals surface area contributed by atoms with Gasteiger partial charge in [0.05, 0.1) is 16.3 Å². The van der Waals surface area contributed by atoms with Crippen molar-refractivity contribution in [1.29, 1.82) is 0 Å². The molecule has 1 aliphatic heterocycles. The van der Waals surface area contributed by atoms with Crippen molar-refractivity contribution in [3.8, 4) is 10.6 Å². The molecule has 0 saturated heterocycles. The van der Waals surface area contributed by atoms with Crippen molar-refractivity contribution < 1.29 is 0 Å². The third kappa shape index (κ3) is 3.31. The van der Waals surface area contributed by atoms with Gasteiger partial charge in [0, 0.05) is 48.4 Å². The molecule has 0 fully saturated rings. The molecule has 202 valence electrons. The lowest BCUT2D eigenvalue weighted by Gasteiger charge is -2.30. The SMILES string of the molecule is C1=CC2c3c(ccc4ccccc34)N(c3ccc(-c4nc5c(ccc6sc7ccccc7c65)s4)c4ccccc34)C2C=C1. The Labute approximate surface area is 256 Å². The van der Waals surface area contributed by atoms with Crippen LogP contribution in [-0.4, -0.2) is 11.0 Å². The monoisotopic (exact) mass is 584 g/mol. The van der Waals surface area contributed by atoms with Gasteiger partial charge in [0.1, 0.15) is 5.01 Å².